The van der Waals surface area contributed by atoms with Crippen LogP contribution in [0.15, 0.2) is 42.5 Å². The molecule has 0 saturated carbocycles. The Balaban J connectivity index is 2.13. The predicted octanol–water partition coefficient (Wildman–Crippen LogP) is 2.90. The summed E-state index contributed by atoms with van der Waals surface area (Å²) in [5, 5.41) is 19.7. The Labute approximate surface area is 105 Å². The van der Waals surface area contributed by atoms with E-state index < -0.39 is 6.10 Å². The zero-order valence-corrected chi connectivity index (χ0v) is 9.74. The van der Waals surface area contributed by atoms with E-state index in [4.69, 9.17) is 0 Å². The molecule has 0 spiro atoms. The molecule has 0 fully saturated rings. The van der Waals surface area contributed by atoms with Crippen LogP contribution < -0.4 is 0 Å². The van der Waals surface area contributed by atoms with E-state index in [0.717, 1.165) is 5.56 Å². The summed E-state index contributed by atoms with van der Waals surface area (Å²) in [5.74, 6) is 0.200. The molecule has 1 aromatic carbocycles. The normalized spacial score (nSPS) is 17.5. The van der Waals surface area contributed by atoms with Crippen LogP contribution in [0.3, 0.4) is 0 Å². The third kappa shape index (κ3) is 1.79. The lowest BCUT2D eigenvalue weighted by Crippen LogP contribution is -2.06. The summed E-state index contributed by atoms with van der Waals surface area (Å²) in [7, 11) is 0. The van der Waals surface area contributed by atoms with Crippen molar-refractivity contribution in [1.82, 2.24) is 4.98 Å². The van der Waals surface area contributed by atoms with Crippen molar-refractivity contribution < 1.29 is 10.2 Å². The Morgan fingerprint density at radius 1 is 1.11 bits per heavy atom. The van der Waals surface area contributed by atoms with Crippen molar-refractivity contribution >= 4 is 6.08 Å². The van der Waals surface area contributed by atoms with E-state index in [-0.39, 0.29) is 5.75 Å². The largest absolute Gasteiger partial charge is 0.507 e. The maximum atomic E-state index is 9.93. The SMILES string of the molecule is Oc1ccccc1-c1ccc2c(n1)C(O)CC=C2. The molecule has 1 heterocycles. The fourth-order valence-corrected chi connectivity index (χ4v) is 2.17. The number of phenolic OH excluding ortho intramolecular Hbond substituents is 1. The van der Waals surface area contributed by atoms with Crippen LogP contribution in [0, 0.1) is 0 Å². The molecule has 0 saturated heterocycles. The molecule has 1 unspecified atom stereocenters. The number of hydrogen-bond donors (Lipinski definition) is 2. The fraction of sp³-hybridized carbons (Fsp3) is 0.133. The second-order valence-electron chi connectivity index (χ2n) is 4.34. The molecule has 3 heteroatoms. The number of nitrogens with zero attached hydrogens (tertiary/aromatic N) is 1. The van der Waals surface area contributed by atoms with Gasteiger partial charge in [-0.25, -0.2) is 4.98 Å². The van der Waals surface area contributed by atoms with Crippen molar-refractivity contribution in [3.63, 3.8) is 0 Å². The Hall–Kier alpha value is -2.13. The highest BCUT2D eigenvalue weighted by Crippen LogP contribution is 2.31. The molecule has 3 rings (SSSR count). The third-order valence-corrected chi connectivity index (χ3v) is 3.11. The first-order chi connectivity index (χ1) is 8.75. The molecular weight excluding hydrogens is 226 g/mol. The van der Waals surface area contributed by atoms with Gasteiger partial charge in [0.15, 0.2) is 0 Å². The smallest absolute Gasteiger partial charge is 0.124 e. The Morgan fingerprint density at radius 3 is 2.78 bits per heavy atom. The van der Waals surface area contributed by atoms with Gasteiger partial charge < -0.3 is 10.2 Å². The van der Waals surface area contributed by atoms with Crippen LogP contribution in [-0.2, 0) is 0 Å². The molecule has 1 aliphatic carbocycles. The molecule has 90 valence electrons. The van der Waals surface area contributed by atoms with Crippen molar-refractivity contribution in [2.45, 2.75) is 12.5 Å². The molecular formula is C15H13NO2. The lowest BCUT2D eigenvalue weighted by atomic mass is 9.99. The fourth-order valence-electron chi connectivity index (χ4n) is 2.17. The number of benzene rings is 1. The number of aliphatic hydroxyl groups excluding tert-OH is 1. The Kier molecular flexibility index (Phi) is 2.61. The zero-order chi connectivity index (χ0) is 12.5. The van der Waals surface area contributed by atoms with Crippen LogP contribution in [-0.4, -0.2) is 15.2 Å². The van der Waals surface area contributed by atoms with Gasteiger partial charge in [-0.1, -0.05) is 30.4 Å². The molecule has 18 heavy (non-hydrogen) atoms. The van der Waals surface area contributed by atoms with Crippen LogP contribution in [0.2, 0.25) is 0 Å². The van der Waals surface area contributed by atoms with Gasteiger partial charge in [0.1, 0.15) is 5.75 Å². The summed E-state index contributed by atoms with van der Waals surface area (Å²) in [6.45, 7) is 0. The maximum absolute atomic E-state index is 9.93. The number of aromatic hydroxyl groups is 1. The molecule has 0 aliphatic heterocycles. The van der Waals surface area contributed by atoms with Crippen molar-refractivity contribution in [3.05, 3.63) is 53.7 Å². The summed E-state index contributed by atoms with van der Waals surface area (Å²) >= 11 is 0. The number of pyridine rings is 1. The van der Waals surface area contributed by atoms with E-state index >= 15 is 0 Å². The molecule has 0 radical (unpaired) electrons. The van der Waals surface area contributed by atoms with Gasteiger partial charge >= 0.3 is 0 Å². The van der Waals surface area contributed by atoms with E-state index in [1.54, 1.807) is 12.1 Å². The topological polar surface area (TPSA) is 53.4 Å². The van der Waals surface area contributed by atoms with Gasteiger partial charge in [0.25, 0.3) is 0 Å². The van der Waals surface area contributed by atoms with Gasteiger partial charge in [-0.3, -0.25) is 0 Å². The van der Waals surface area contributed by atoms with Crippen molar-refractivity contribution in [1.29, 1.82) is 0 Å². The van der Waals surface area contributed by atoms with E-state index in [2.05, 4.69) is 4.98 Å². The van der Waals surface area contributed by atoms with Crippen LogP contribution in [0.1, 0.15) is 23.8 Å². The summed E-state index contributed by atoms with van der Waals surface area (Å²) in [6, 6.07) is 10.8. The number of para-hydroxylation sites is 1. The number of phenols is 1. The van der Waals surface area contributed by atoms with Gasteiger partial charge in [0.05, 0.1) is 17.5 Å². The number of fused-ring (bicyclic) bond motifs is 1. The summed E-state index contributed by atoms with van der Waals surface area (Å²) in [6.07, 6.45) is 3.93. The first-order valence-electron chi connectivity index (χ1n) is 5.89. The third-order valence-electron chi connectivity index (χ3n) is 3.11. The first-order valence-corrected chi connectivity index (χ1v) is 5.89. The van der Waals surface area contributed by atoms with Gasteiger partial charge in [0.2, 0.25) is 0 Å². The Bertz CT molecular complexity index is 620. The summed E-state index contributed by atoms with van der Waals surface area (Å²) in [4.78, 5) is 4.46. The lowest BCUT2D eigenvalue weighted by molar-refractivity contribution is 0.175. The molecule has 0 bridgehead atoms. The van der Waals surface area contributed by atoms with Crippen LogP contribution in [0.25, 0.3) is 17.3 Å². The molecule has 1 aliphatic rings. The van der Waals surface area contributed by atoms with E-state index in [0.29, 0.717) is 23.4 Å². The molecule has 3 nitrogen and oxygen atoms in total. The van der Waals surface area contributed by atoms with Crippen molar-refractivity contribution in [2.24, 2.45) is 0 Å². The quantitative estimate of drug-likeness (QED) is 0.804. The van der Waals surface area contributed by atoms with E-state index in [1.807, 2.05) is 36.4 Å². The highest BCUT2D eigenvalue weighted by molar-refractivity contribution is 5.68. The van der Waals surface area contributed by atoms with Gasteiger partial charge in [-0.05, 0) is 30.2 Å². The van der Waals surface area contributed by atoms with Crippen LogP contribution >= 0.6 is 0 Å². The first kappa shape index (κ1) is 11.0. The van der Waals surface area contributed by atoms with E-state index in [9.17, 15) is 10.2 Å². The predicted molar refractivity (Wildman–Crippen MR) is 69.9 cm³/mol. The molecule has 2 aromatic rings. The maximum Gasteiger partial charge on any atom is 0.124 e. The minimum atomic E-state index is -0.559. The molecule has 2 N–H and O–H groups in total. The number of aromatic nitrogens is 1. The van der Waals surface area contributed by atoms with Gasteiger partial charge in [-0.2, -0.15) is 0 Å². The van der Waals surface area contributed by atoms with Crippen molar-refractivity contribution in [2.75, 3.05) is 0 Å². The summed E-state index contributed by atoms with van der Waals surface area (Å²) < 4.78 is 0. The highest BCUT2D eigenvalue weighted by atomic mass is 16.3. The average molecular weight is 239 g/mol. The number of hydrogen-bond acceptors (Lipinski definition) is 3. The van der Waals surface area contributed by atoms with Crippen molar-refractivity contribution in [3.8, 4) is 17.0 Å². The number of aliphatic hydroxyl groups is 1. The molecule has 0 amide bonds. The average Bonchev–Trinajstić information content (AvgIpc) is 2.40. The monoisotopic (exact) mass is 239 g/mol. The van der Waals surface area contributed by atoms with Crippen LogP contribution in [0.4, 0.5) is 0 Å². The minimum absolute atomic E-state index is 0.200. The zero-order valence-electron chi connectivity index (χ0n) is 9.74. The molecule has 1 aromatic heterocycles. The second kappa shape index (κ2) is 4.27. The van der Waals surface area contributed by atoms with Gasteiger partial charge in [-0.15, -0.1) is 0 Å². The summed E-state index contributed by atoms with van der Waals surface area (Å²) in [5.41, 5.74) is 2.98. The number of rotatable bonds is 1. The van der Waals surface area contributed by atoms with Gasteiger partial charge in [0, 0.05) is 5.56 Å². The van der Waals surface area contributed by atoms with E-state index in [1.165, 1.54) is 0 Å². The minimum Gasteiger partial charge on any atom is -0.507 e. The lowest BCUT2D eigenvalue weighted by Gasteiger charge is -2.16. The standard InChI is InChI=1S/C15H13NO2/c17-13-6-2-1-5-11(13)12-9-8-10-4-3-7-14(18)15(10)16-12/h1-6,8-9,14,17-18H,7H2. The Morgan fingerprint density at radius 2 is 1.94 bits per heavy atom. The van der Waals surface area contributed by atoms with Crippen LogP contribution in [0.5, 0.6) is 5.75 Å². The highest BCUT2D eigenvalue weighted by Gasteiger charge is 2.17. The second-order valence-corrected chi connectivity index (χ2v) is 4.34. The molecule has 1 atom stereocenters.